The van der Waals surface area contributed by atoms with Crippen molar-refractivity contribution in [2.24, 2.45) is 0 Å². The van der Waals surface area contributed by atoms with Gasteiger partial charge in [0, 0.05) is 12.6 Å². The standard InChI is InChI=1S/C15H18ClN3O5/c1-23-11-2-3-14(12(16)5-11)24-8-9-4-13(19-18-9)15(22)17-6-10(21)7-20/h2-5,10,20-21H,6-8H2,1H3,(H,17,22)(H,18,19). The van der Waals surface area contributed by atoms with Crippen LogP contribution < -0.4 is 14.8 Å². The van der Waals surface area contributed by atoms with E-state index in [1.54, 1.807) is 25.3 Å². The molecule has 1 aromatic carbocycles. The van der Waals surface area contributed by atoms with Gasteiger partial charge in [0.05, 0.1) is 30.5 Å². The zero-order valence-corrected chi connectivity index (χ0v) is 13.7. The van der Waals surface area contributed by atoms with Crippen LogP contribution in [-0.4, -0.2) is 52.7 Å². The van der Waals surface area contributed by atoms with Crippen LogP contribution in [0.4, 0.5) is 0 Å². The van der Waals surface area contributed by atoms with Gasteiger partial charge in [-0.15, -0.1) is 0 Å². The number of hydrogen-bond donors (Lipinski definition) is 4. The van der Waals surface area contributed by atoms with Gasteiger partial charge in [-0.25, -0.2) is 0 Å². The van der Waals surface area contributed by atoms with Gasteiger partial charge < -0.3 is 25.0 Å². The van der Waals surface area contributed by atoms with Gasteiger partial charge in [0.2, 0.25) is 0 Å². The summed E-state index contributed by atoms with van der Waals surface area (Å²) in [4.78, 5) is 11.8. The van der Waals surface area contributed by atoms with Gasteiger partial charge >= 0.3 is 0 Å². The van der Waals surface area contributed by atoms with Crippen molar-refractivity contribution in [1.82, 2.24) is 15.5 Å². The number of rotatable bonds is 8. The zero-order valence-electron chi connectivity index (χ0n) is 13.0. The number of H-pyrrole nitrogens is 1. The van der Waals surface area contributed by atoms with Crippen LogP contribution in [0, 0.1) is 0 Å². The minimum Gasteiger partial charge on any atom is -0.497 e. The monoisotopic (exact) mass is 355 g/mol. The van der Waals surface area contributed by atoms with E-state index < -0.39 is 18.6 Å². The number of amides is 1. The highest BCUT2D eigenvalue weighted by atomic mass is 35.5. The van der Waals surface area contributed by atoms with Crippen LogP contribution in [0.25, 0.3) is 0 Å². The average Bonchev–Trinajstić information content (AvgIpc) is 3.07. The number of carbonyl (C=O) groups excluding carboxylic acids is 1. The van der Waals surface area contributed by atoms with E-state index >= 15 is 0 Å². The van der Waals surface area contributed by atoms with Crippen molar-refractivity contribution in [3.8, 4) is 11.5 Å². The predicted octanol–water partition coefficient (Wildman–Crippen LogP) is 0.734. The molecule has 0 aliphatic rings. The van der Waals surface area contributed by atoms with Gasteiger partial charge in [0.1, 0.15) is 23.8 Å². The van der Waals surface area contributed by atoms with Crippen molar-refractivity contribution in [3.05, 3.63) is 40.7 Å². The van der Waals surface area contributed by atoms with Crippen molar-refractivity contribution in [2.75, 3.05) is 20.3 Å². The Morgan fingerprint density at radius 1 is 1.46 bits per heavy atom. The van der Waals surface area contributed by atoms with Gasteiger partial charge in [-0.05, 0) is 18.2 Å². The molecular formula is C15H18ClN3O5. The molecule has 0 aliphatic carbocycles. The summed E-state index contributed by atoms with van der Waals surface area (Å²) in [5.74, 6) is 0.634. The van der Waals surface area contributed by atoms with E-state index in [0.717, 1.165) is 0 Å². The Balaban J connectivity index is 1.90. The Morgan fingerprint density at radius 2 is 2.25 bits per heavy atom. The molecule has 4 N–H and O–H groups in total. The highest BCUT2D eigenvalue weighted by molar-refractivity contribution is 6.32. The highest BCUT2D eigenvalue weighted by Gasteiger charge is 2.12. The smallest absolute Gasteiger partial charge is 0.271 e. The number of aliphatic hydroxyl groups excluding tert-OH is 2. The fourth-order valence-corrected chi connectivity index (χ4v) is 2.02. The number of aliphatic hydroxyl groups is 2. The number of carbonyl (C=O) groups is 1. The quantitative estimate of drug-likeness (QED) is 0.554. The van der Waals surface area contributed by atoms with Crippen LogP contribution in [-0.2, 0) is 6.61 Å². The van der Waals surface area contributed by atoms with Crippen molar-refractivity contribution in [2.45, 2.75) is 12.7 Å². The van der Waals surface area contributed by atoms with E-state index in [1.165, 1.54) is 6.07 Å². The third-order valence-electron chi connectivity index (χ3n) is 3.09. The number of nitrogens with zero attached hydrogens (tertiary/aromatic N) is 1. The lowest BCUT2D eigenvalue weighted by molar-refractivity contribution is 0.0798. The summed E-state index contributed by atoms with van der Waals surface area (Å²) >= 11 is 6.08. The second-order valence-corrected chi connectivity index (χ2v) is 5.32. The first-order valence-corrected chi connectivity index (χ1v) is 7.49. The van der Waals surface area contributed by atoms with Gasteiger partial charge in [-0.2, -0.15) is 5.10 Å². The average molecular weight is 356 g/mol. The summed E-state index contributed by atoms with van der Waals surface area (Å²) in [6.45, 7) is -0.344. The number of nitrogens with one attached hydrogen (secondary N) is 2. The number of aromatic amines is 1. The molecule has 1 atom stereocenters. The van der Waals surface area contributed by atoms with Crippen LogP contribution in [0.15, 0.2) is 24.3 Å². The molecule has 0 bridgehead atoms. The number of ether oxygens (including phenoxy) is 2. The van der Waals surface area contributed by atoms with E-state index in [2.05, 4.69) is 15.5 Å². The summed E-state index contributed by atoms with van der Waals surface area (Å²) in [7, 11) is 1.54. The third kappa shape index (κ3) is 4.85. The maximum Gasteiger partial charge on any atom is 0.271 e. The maximum absolute atomic E-state index is 11.8. The lowest BCUT2D eigenvalue weighted by Gasteiger charge is -2.08. The molecule has 0 saturated carbocycles. The maximum atomic E-state index is 11.8. The van der Waals surface area contributed by atoms with Gasteiger partial charge in [0.15, 0.2) is 0 Å². The normalized spacial score (nSPS) is 11.8. The topological polar surface area (TPSA) is 117 Å². The Labute approximate surface area is 143 Å². The van der Waals surface area contributed by atoms with Crippen LogP contribution in [0.3, 0.4) is 0 Å². The number of hydrogen-bond acceptors (Lipinski definition) is 6. The predicted molar refractivity (Wildman–Crippen MR) is 86.3 cm³/mol. The van der Waals surface area contributed by atoms with Crippen LogP contribution in [0.2, 0.25) is 5.02 Å². The second-order valence-electron chi connectivity index (χ2n) is 4.91. The molecule has 1 aromatic heterocycles. The van der Waals surface area contributed by atoms with Crippen molar-refractivity contribution >= 4 is 17.5 Å². The fraction of sp³-hybridized carbons (Fsp3) is 0.333. The summed E-state index contributed by atoms with van der Waals surface area (Å²) < 4.78 is 10.6. The molecule has 130 valence electrons. The van der Waals surface area contributed by atoms with Gasteiger partial charge in [0.25, 0.3) is 5.91 Å². The van der Waals surface area contributed by atoms with E-state index in [4.69, 9.17) is 26.2 Å². The Bertz CT molecular complexity index is 691. The molecule has 0 saturated heterocycles. The minimum absolute atomic E-state index is 0.0600. The number of methoxy groups -OCH3 is 1. The first-order valence-electron chi connectivity index (χ1n) is 7.11. The molecule has 24 heavy (non-hydrogen) atoms. The number of halogens is 1. The molecule has 1 amide bonds. The third-order valence-corrected chi connectivity index (χ3v) is 3.39. The summed E-state index contributed by atoms with van der Waals surface area (Å²) in [6.07, 6.45) is -1.01. The molecule has 0 aliphatic heterocycles. The van der Waals surface area contributed by atoms with E-state index in [-0.39, 0.29) is 18.8 Å². The fourth-order valence-electron chi connectivity index (χ4n) is 1.80. The van der Waals surface area contributed by atoms with Gasteiger partial charge in [-0.1, -0.05) is 11.6 Å². The molecule has 9 heteroatoms. The lowest BCUT2D eigenvalue weighted by atomic mass is 10.3. The summed E-state index contributed by atoms with van der Waals surface area (Å²) in [5, 5.41) is 27.3. The van der Waals surface area contributed by atoms with Gasteiger partial charge in [-0.3, -0.25) is 9.89 Å². The molecule has 0 fully saturated rings. The van der Waals surface area contributed by atoms with Crippen LogP contribution in [0.5, 0.6) is 11.5 Å². The SMILES string of the molecule is COc1ccc(OCc2cc(C(=O)NCC(O)CO)n[nH]2)c(Cl)c1. The Morgan fingerprint density at radius 3 is 2.92 bits per heavy atom. The van der Waals surface area contributed by atoms with E-state index in [0.29, 0.717) is 22.2 Å². The Kier molecular flexibility index (Phi) is 6.42. The molecule has 2 aromatic rings. The molecule has 0 radical (unpaired) electrons. The van der Waals surface area contributed by atoms with Crippen molar-refractivity contribution in [1.29, 1.82) is 0 Å². The first kappa shape index (κ1) is 18.1. The van der Waals surface area contributed by atoms with Crippen molar-refractivity contribution in [3.63, 3.8) is 0 Å². The zero-order chi connectivity index (χ0) is 17.5. The van der Waals surface area contributed by atoms with Crippen LogP contribution >= 0.6 is 11.6 Å². The molecule has 1 unspecified atom stereocenters. The lowest BCUT2D eigenvalue weighted by Crippen LogP contribution is -2.34. The molecule has 8 nitrogen and oxygen atoms in total. The minimum atomic E-state index is -1.01. The molecule has 2 rings (SSSR count). The van der Waals surface area contributed by atoms with E-state index in [9.17, 15) is 9.90 Å². The largest absolute Gasteiger partial charge is 0.497 e. The second kappa shape index (κ2) is 8.53. The highest BCUT2D eigenvalue weighted by Crippen LogP contribution is 2.29. The number of aromatic nitrogens is 2. The molecule has 0 spiro atoms. The summed E-state index contributed by atoms with van der Waals surface area (Å²) in [5.41, 5.74) is 0.731. The van der Waals surface area contributed by atoms with Crippen molar-refractivity contribution < 1.29 is 24.5 Å². The van der Waals surface area contributed by atoms with E-state index in [1.807, 2.05) is 0 Å². The number of benzene rings is 1. The summed E-state index contributed by atoms with van der Waals surface area (Å²) in [6, 6.07) is 6.56. The Hall–Kier alpha value is -2.29. The van der Waals surface area contributed by atoms with Crippen LogP contribution in [0.1, 0.15) is 16.2 Å². The molecular weight excluding hydrogens is 338 g/mol. The first-order chi connectivity index (χ1) is 11.5. The molecule has 1 heterocycles.